The smallest absolute Gasteiger partial charge is 0.416 e. The van der Waals surface area contributed by atoms with Crippen LogP contribution in [0.4, 0.5) is 13.2 Å². The van der Waals surface area contributed by atoms with E-state index in [0.717, 1.165) is 18.3 Å². The third kappa shape index (κ3) is 5.83. The average Bonchev–Trinajstić information content (AvgIpc) is 2.60. The Morgan fingerprint density at radius 2 is 1.84 bits per heavy atom. The van der Waals surface area contributed by atoms with Crippen LogP contribution in [0.25, 0.3) is 0 Å². The van der Waals surface area contributed by atoms with Crippen LogP contribution in [0.15, 0.2) is 53.6 Å². The van der Waals surface area contributed by atoms with E-state index in [1.165, 1.54) is 19.2 Å². The third-order valence-electron chi connectivity index (χ3n) is 3.05. The molecule has 0 aliphatic heterocycles. The summed E-state index contributed by atoms with van der Waals surface area (Å²) in [6.45, 7) is -0.285. The molecule has 0 bridgehead atoms. The van der Waals surface area contributed by atoms with Crippen LogP contribution in [0.1, 0.15) is 11.1 Å². The number of ether oxygens (including phenoxy) is 2. The number of amides is 1. The normalized spacial score (nSPS) is 11.4. The number of carbonyl (C=O) groups excluding carboxylic acids is 1. The van der Waals surface area contributed by atoms with E-state index in [1.807, 2.05) is 0 Å². The fourth-order valence-corrected chi connectivity index (χ4v) is 1.83. The van der Waals surface area contributed by atoms with Gasteiger partial charge in [0.25, 0.3) is 5.91 Å². The molecule has 0 spiro atoms. The van der Waals surface area contributed by atoms with Crippen molar-refractivity contribution in [1.82, 2.24) is 5.43 Å². The molecule has 0 saturated heterocycles. The number of benzene rings is 2. The predicted octanol–water partition coefficient (Wildman–Crippen LogP) is 3.24. The minimum atomic E-state index is -4.43. The van der Waals surface area contributed by atoms with Gasteiger partial charge in [-0.1, -0.05) is 12.1 Å². The lowest BCUT2D eigenvalue weighted by Crippen LogP contribution is -2.24. The van der Waals surface area contributed by atoms with Crippen LogP contribution in [0.5, 0.6) is 11.5 Å². The van der Waals surface area contributed by atoms with Crippen LogP contribution in [0, 0.1) is 0 Å². The number of methoxy groups -OCH3 is 1. The van der Waals surface area contributed by atoms with Gasteiger partial charge in [-0.15, -0.1) is 0 Å². The molecule has 0 aromatic heterocycles. The van der Waals surface area contributed by atoms with Crippen molar-refractivity contribution >= 4 is 12.1 Å². The van der Waals surface area contributed by atoms with Gasteiger partial charge >= 0.3 is 6.18 Å². The SMILES string of the molecule is COc1ccc(OCC(=O)N/N=C\c2cccc(C(F)(F)F)c2)cc1. The lowest BCUT2D eigenvalue weighted by Gasteiger charge is -2.07. The number of nitrogens with zero attached hydrogens (tertiary/aromatic N) is 1. The highest BCUT2D eigenvalue weighted by molar-refractivity contribution is 5.83. The first-order valence-corrected chi connectivity index (χ1v) is 7.14. The molecule has 2 aromatic rings. The fraction of sp³-hybridized carbons (Fsp3) is 0.176. The summed E-state index contributed by atoms with van der Waals surface area (Å²) in [4.78, 5) is 11.6. The van der Waals surface area contributed by atoms with Gasteiger partial charge in [-0.25, -0.2) is 5.43 Å². The van der Waals surface area contributed by atoms with Gasteiger partial charge in [-0.3, -0.25) is 4.79 Å². The van der Waals surface area contributed by atoms with E-state index in [2.05, 4.69) is 10.5 Å². The van der Waals surface area contributed by atoms with Crippen molar-refractivity contribution in [2.24, 2.45) is 5.10 Å². The van der Waals surface area contributed by atoms with E-state index in [4.69, 9.17) is 9.47 Å². The van der Waals surface area contributed by atoms with Gasteiger partial charge < -0.3 is 9.47 Å². The summed E-state index contributed by atoms with van der Waals surface area (Å²) in [6.07, 6.45) is -3.31. The van der Waals surface area contributed by atoms with Crippen molar-refractivity contribution in [1.29, 1.82) is 0 Å². The molecule has 0 atom stereocenters. The molecule has 2 aromatic carbocycles. The largest absolute Gasteiger partial charge is 0.497 e. The molecule has 0 radical (unpaired) electrons. The molecular formula is C17H15F3N2O3. The van der Waals surface area contributed by atoms with Crippen LogP contribution >= 0.6 is 0 Å². The zero-order valence-corrected chi connectivity index (χ0v) is 13.2. The summed E-state index contributed by atoms with van der Waals surface area (Å²) < 4.78 is 48.0. The first kappa shape index (κ1) is 18.3. The molecule has 0 fully saturated rings. The molecule has 0 saturated carbocycles. The van der Waals surface area contributed by atoms with E-state index in [0.29, 0.717) is 11.5 Å². The molecule has 2 rings (SSSR count). The van der Waals surface area contributed by atoms with Crippen molar-refractivity contribution in [2.45, 2.75) is 6.18 Å². The maximum Gasteiger partial charge on any atom is 0.416 e. The number of halogens is 3. The Morgan fingerprint density at radius 1 is 1.16 bits per heavy atom. The number of alkyl halides is 3. The molecule has 0 heterocycles. The second-order valence-electron chi connectivity index (χ2n) is 4.88. The highest BCUT2D eigenvalue weighted by atomic mass is 19.4. The van der Waals surface area contributed by atoms with Crippen LogP contribution in [-0.4, -0.2) is 25.8 Å². The van der Waals surface area contributed by atoms with Gasteiger partial charge in [0, 0.05) is 0 Å². The minimum absolute atomic E-state index is 0.214. The number of nitrogens with one attached hydrogen (secondary N) is 1. The number of hydrogen-bond donors (Lipinski definition) is 1. The Bertz CT molecular complexity index is 744. The molecule has 25 heavy (non-hydrogen) atoms. The van der Waals surface area contributed by atoms with Crippen LogP contribution < -0.4 is 14.9 Å². The lowest BCUT2D eigenvalue weighted by atomic mass is 10.1. The van der Waals surface area contributed by atoms with Crippen molar-refractivity contribution < 1.29 is 27.4 Å². The van der Waals surface area contributed by atoms with Gasteiger partial charge in [-0.2, -0.15) is 18.3 Å². The molecule has 0 aliphatic rings. The van der Waals surface area contributed by atoms with Gasteiger partial charge in [0.05, 0.1) is 18.9 Å². The summed E-state index contributed by atoms with van der Waals surface area (Å²) in [5.74, 6) is 0.583. The Kier molecular flexibility index (Phi) is 5.99. The average molecular weight is 352 g/mol. The van der Waals surface area contributed by atoms with E-state index < -0.39 is 17.6 Å². The molecule has 0 unspecified atom stereocenters. The zero-order chi connectivity index (χ0) is 18.3. The number of rotatable bonds is 6. The fourth-order valence-electron chi connectivity index (χ4n) is 1.83. The quantitative estimate of drug-likeness (QED) is 0.641. The highest BCUT2D eigenvalue weighted by Crippen LogP contribution is 2.29. The Morgan fingerprint density at radius 3 is 2.48 bits per heavy atom. The highest BCUT2D eigenvalue weighted by Gasteiger charge is 2.30. The molecular weight excluding hydrogens is 337 g/mol. The number of carbonyl (C=O) groups is 1. The van der Waals surface area contributed by atoms with Crippen molar-refractivity contribution in [2.75, 3.05) is 13.7 Å². The van der Waals surface area contributed by atoms with Crippen molar-refractivity contribution in [3.63, 3.8) is 0 Å². The first-order valence-electron chi connectivity index (χ1n) is 7.14. The van der Waals surface area contributed by atoms with E-state index >= 15 is 0 Å². The summed E-state index contributed by atoms with van der Waals surface area (Å²) in [5.41, 5.74) is 1.61. The van der Waals surface area contributed by atoms with Gasteiger partial charge in [0.2, 0.25) is 0 Å². The monoisotopic (exact) mass is 352 g/mol. The second kappa shape index (κ2) is 8.18. The van der Waals surface area contributed by atoms with E-state index in [-0.39, 0.29) is 12.2 Å². The molecule has 1 amide bonds. The van der Waals surface area contributed by atoms with E-state index in [1.54, 1.807) is 24.3 Å². The third-order valence-corrected chi connectivity index (χ3v) is 3.05. The number of hydrogen-bond acceptors (Lipinski definition) is 4. The van der Waals surface area contributed by atoms with E-state index in [9.17, 15) is 18.0 Å². The second-order valence-corrected chi connectivity index (χ2v) is 4.88. The molecule has 8 heteroatoms. The molecule has 132 valence electrons. The predicted molar refractivity (Wildman–Crippen MR) is 85.7 cm³/mol. The summed E-state index contributed by atoms with van der Waals surface area (Å²) in [7, 11) is 1.53. The standard InChI is InChI=1S/C17H15F3N2O3/c1-24-14-5-7-15(8-6-14)25-11-16(23)22-21-10-12-3-2-4-13(9-12)17(18,19)20/h2-10H,11H2,1H3,(H,22,23)/b21-10-. The zero-order valence-electron chi connectivity index (χ0n) is 13.2. The lowest BCUT2D eigenvalue weighted by molar-refractivity contribution is -0.137. The Labute approximate surface area is 142 Å². The summed E-state index contributed by atoms with van der Waals surface area (Å²) in [6, 6.07) is 11.2. The van der Waals surface area contributed by atoms with Gasteiger partial charge in [0.15, 0.2) is 6.61 Å². The molecule has 0 aliphatic carbocycles. The van der Waals surface area contributed by atoms with Crippen molar-refractivity contribution in [3.05, 3.63) is 59.7 Å². The topological polar surface area (TPSA) is 59.9 Å². The summed E-state index contributed by atoms with van der Waals surface area (Å²) >= 11 is 0. The minimum Gasteiger partial charge on any atom is -0.497 e. The van der Waals surface area contributed by atoms with Gasteiger partial charge in [0.1, 0.15) is 11.5 Å². The van der Waals surface area contributed by atoms with Crippen LogP contribution in [-0.2, 0) is 11.0 Å². The summed E-state index contributed by atoms with van der Waals surface area (Å²) in [5, 5.41) is 3.61. The van der Waals surface area contributed by atoms with Crippen LogP contribution in [0.3, 0.4) is 0 Å². The Balaban J connectivity index is 1.84. The van der Waals surface area contributed by atoms with Crippen molar-refractivity contribution in [3.8, 4) is 11.5 Å². The maximum absolute atomic E-state index is 12.6. The Hall–Kier alpha value is -3.03. The van der Waals surface area contributed by atoms with Gasteiger partial charge in [-0.05, 0) is 42.0 Å². The first-order chi connectivity index (χ1) is 11.9. The maximum atomic E-state index is 12.6. The molecule has 1 N–H and O–H groups in total. The number of hydrazone groups is 1. The van der Waals surface area contributed by atoms with Crippen LogP contribution in [0.2, 0.25) is 0 Å². The molecule has 5 nitrogen and oxygen atoms in total.